The lowest BCUT2D eigenvalue weighted by Crippen LogP contribution is -2.63. The molecule has 0 aliphatic carbocycles. The molecule has 0 saturated heterocycles. The van der Waals surface area contributed by atoms with Crippen molar-refractivity contribution in [2.75, 3.05) is 28.2 Å². The molecule has 0 fully saturated rings. The summed E-state index contributed by atoms with van der Waals surface area (Å²) in [5.41, 5.74) is 5.45. The SMILES string of the molecule is CN(C)NC(=O)NC(NC(=O)NN(C)C)(c1ccccc1)c1ccccc1. The summed E-state index contributed by atoms with van der Waals surface area (Å²) in [6.45, 7) is 0. The Morgan fingerprint density at radius 2 is 1.00 bits per heavy atom. The van der Waals surface area contributed by atoms with Gasteiger partial charge in [0.2, 0.25) is 0 Å². The molecule has 2 rings (SSSR count). The number of urea groups is 2. The molecule has 8 nitrogen and oxygen atoms in total. The summed E-state index contributed by atoms with van der Waals surface area (Å²) in [5, 5.41) is 8.88. The highest BCUT2D eigenvalue weighted by Gasteiger charge is 2.38. The number of carbonyl (C=O) groups is 2. The fraction of sp³-hybridized carbons (Fsp3) is 0.263. The molecule has 2 aromatic rings. The van der Waals surface area contributed by atoms with Crippen LogP contribution in [0.2, 0.25) is 0 Å². The normalized spacial score (nSPS) is 11.2. The zero-order valence-electron chi connectivity index (χ0n) is 16.0. The van der Waals surface area contributed by atoms with Crippen LogP contribution in [0, 0.1) is 0 Å². The van der Waals surface area contributed by atoms with Crippen LogP contribution < -0.4 is 21.5 Å². The van der Waals surface area contributed by atoms with Crippen LogP contribution in [0.15, 0.2) is 60.7 Å². The van der Waals surface area contributed by atoms with E-state index in [2.05, 4.69) is 21.5 Å². The number of amides is 4. The van der Waals surface area contributed by atoms with E-state index in [9.17, 15) is 9.59 Å². The molecule has 4 amide bonds. The second-order valence-corrected chi connectivity index (χ2v) is 6.40. The van der Waals surface area contributed by atoms with Crippen molar-refractivity contribution in [2.45, 2.75) is 5.66 Å². The number of benzene rings is 2. The Bertz CT molecular complexity index is 684. The molecule has 144 valence electrons. The lowest BCUT2D eigenvalue weighted by Gasteiger charge is -2.37. The maximum absolute atomic E-state index is 12.6. The van der Waals surface area contributed by atoms with Crippen molar-refractivity contribution >= 4 is 12.1 Å². The largest absolute Gasteiger partial charge is 0.331 e. The first-order valence-electron chi connectivity index (χ1n) is 8.47. The molecule has 0 aromatic heterocycles. The number of hydrogen-bond acceptors (Lipinski definition) is 4. The predicted molar refractivity (Wildman–Crippen MR) is 104 cm³/mol. The Morgan fingerprint density at radius 1 is 0.667 bits per heavy atom. The Hall–Kier alpha value is -3.10. The molecule has 0 spiro atoms. The van der Waals surface area contributed by atoms with Crippen molar-refractivity contribution in [2.24, 2.45) is 0 Å². The molecule has 0 atom stereocenters. The molecule has 0 radical (unpaired) electrons. The quantitative estimate of drug-likeness (QED) is 0.458. The number of carbonyl (C=O) groups excluding carboxylic acids is 2. The molecule has 0 unspecified atom stereocenters. The third-order valence-electron chi connectivity index (χ3n) is 3.67. The molecule has 0 saturated carbocycles. The minimum absolute atomic E-state index is 0.460. The second kappa shape index (κ2) is 9.02. The van der Waals surface area contributed by atoms with E-state index in [1.807, 2.05) is 60.7 Å². The first kappa shape index (κ1) is 20.2. The molecule has 0 heterocycles. The van der Waals surface area contributed by atoms with Gasteiger partial charge in [0.15, 0.2) is 5.66 Å². The second-order valence-electron chi connectivity index (χ2n) is 6.40. The minimum atomic E-state index is -1.28. The zero-order valence-corrected chi connectivity index (χ0v) is 16.0. The van der Waals surface area contributed by atoms with E-state index in [-0.39, 0.29) is 0 Å². The van der Waals surface area contributed by atoms with E-state index >= 15 is 0 Å². The third kappa shape index (κ3) is 5.44. The van der Waals surface area contributed by atoms with Crippen molar-refractivity contribution in [3.05, 3.63) is 71.8 Å². The summed E-state index contributed by atoms with van der Waals surface area (Å²) in [6, 6.07) is 17.6. The predicted octanol–water partition coefficient (Wildman–Crippen LogP) is 1.44. The average Bonchev–Trinajstić information content (AvgIpc) is 2.61. The first-order valence-corrected chi connectivity index (χ1v) is 8.47. The highest BCUT2D eigenvalue weighted by atomic mass is 16.2. The van der Waals surface area contributed by atoms with Crippen molar-refractivity contribution < 1.29 is 9.59 Å². The molecule has 8 heteroatoms. The van der Waals surface area contributed by atoms with Crippen molar-refractivity contribution in [3.8, 4) is 0 Å². The average molecular weight is 370 g/mol. The van der Waals surface area contributed by atoms with Gasteiger partial charge in [-0.05, 0) is 0 Å². The van der Waals surface area contributed by atoms with Crippen LogP contribution in [0.3, 0.4) is 0 Å². The van der Waals surface area contributed by atoms with Gasteiger partial charge in [0, 0.05) is 39.3 Å². The van der Waals surface area contributed by atoms with Crippen LogP contribution >= 0.6 is 0 Å². The van der Waals surface area contributed by atoms with Gasteiger partial charge < -0.3 is 10.6 Å². The topological polar surface area (TPSA) is 88.7 Å². The van der Waals surface area contributed by atoms with E-state index in [0.29, 0.717) is 11.1 Å². The molecule has 4 N–H and O–H groups in total. The maximum Gasteiger partial charge on any atom is 0.331 e. The summed E-state index contributed by atoms with van der Waals surface area (Å²) in [4.78, 5) is 25.1. The lowest BCUT2D eigenvalue weighted by atomic mass is 9.91. The van der Waals surface area contributed by atoms with E-state index in [1.54, 1.807) is 28.2 Å². The van der Waals surface area contributed by atoms with Crippen LogP contribution in [0.4, 0.5) is 9.59 Å². The van der Waals surface area contributed by atoms with Gasteiger partial charge in [-0.2, -0.15) is 0 Å². The van der Waals surface area contributed by atoms with E-state index in [4.69, 9.17) is 0 Å². The summed E-state index contributed by atoms with van der Waals surface area (Å²) in [6.07, 6.45) is 0. The molecular formula is C19H26N6O2. The van der Waals surface area contributed by atoms with Crippen LogP contribution in [0.5, 0.6) is 0 Å². The van der Waals surface area contributed by atoms with E-state index in [0.717, 1.165) is 0 Å². The van der Waals surface area contributed by atoms with Gasteiger partial charge in [-0.15, -0.1) is 0 Å². The van der Waals surface area contributed by atoms with Crippen LogP contribution in [0.25, 0.3) is 0 Å². The monoisotopic (exact) mass is 370 g/mol. The number of nitrogens with zero attached hydrogens (tertiary/aromatic N) is 2. The Labute approximate surface area is 159 Å². The van der Waals surface area contributed by atoms with Gasteiger partial charge in [-0.25, -0.2) is 19.6 Å². The fourth-order valence-corrected chi connectivity index (χ4v) is 2.67. The fourth-order valence-electron chi connectivity index (χ4n) is 2.67. The van der Waals surface area contributed by atoms with Gasteiger partial charge in [-0.3, -0.25) is 10.9 Å². The van der Waals surface area contributed by atoms with E-state index < -0.39 is 17.7 Å². The Kier molecular flexibility index (Phi) is 6.75. The molecule has 0 aliphatic heterocycles. The maximum atomic E-state index is 12.6. The highest BCUT2D eigenvalue weighted by Crippen LogP contribution is 2.27. The highest BCUT2D eigenvalue weighted by molar-refractivity contribution is 5.79. The Morgan fingerprint density at radius 3 is 1.30 bits per heavy atom. The molecular weight excluding hydrogens is 344 g/mol. The summed E-state index contributed by atoms with van der Waals surface area (Å²) >= 11 is 0. The molecule has 2 aromatic carbocycles. The van der Waals surface area contributed by atoms with Gasteiger partial charge in [0.1, 0.15) is 0 Å². The number of rotatable bonds is 6. The smallest absolute Gasteiger partial charge is 0.306 e. The molecule has 0 aliphatic rings. The van der Waals surface area contributed by atoms with Crippen molar-refractivity contribution in [1.29, 1.82) is 0 Å². The number of nitrogens with one attached hydrogen (secondary N) is 4. The lowest BCUT2D eigenvalue weighted by molar-refractivity contribution is 0.184. The standard InChI is InChI=1S/C19H26N6O2/c1-24(2)22-17(26)20-19(15-11-7-5-8-12-15,16-13-9-6-10-14-16)21-18(27)23-25(3)4/h5-14H,1-4H3,(H2,20,22,26)(H2,21,23,27). The van der Waals surface area contributed by atoms with Crippen LogP contribution in [0.1, 0.15) is 11.1 Å². The van der Waals surface area contributed by atoms with Gasteiger partial charge in [-0.1, -0.05) is 60.7 Å². The number of hydrogen-bond donors (Lipinski definition) is 4. The van der Waals surface area contributed by atoms with Crippen molar-refractivity contribution in [3.63, 3.8) is 0 Å². The minimum Gasteiger partial charge on any atom is -0.306 e. The number of hydrazine groups is 2. The summed E-state index contributed by atoms with van der Waals surface area (Å²) < 4.78 is 0. The molecule has 27 heavy (non-hydrogen) atoms. The summed E-state index contributed by atoms with van der Waals surface area (Å²) in [5.74, 6) is 0. The van der Waals surface area contributed by atoms with Crippen LogP contribution in [-0.4, -0.2) is 50.3 Å². The first-order chi connectivity index (χ1) is 12.8. The van der Waals surface area contributed by atoms with Gasteiger partial charge in [0.25, 0.3) is 0 Å². The van der Waals surface area contributed by atoms with Gasteiger partial charge >= 0.3 is 12.1 Å². The van der Waals surface area contributed by atoms with Crippen molar-refractivity contribution in [1.82, 2.24) is 31.5 Å². The zero-order chi connectivity index (χ0) is 19.9. The van der Waals surface area contributed by atoms with Crippen LogP contribution in [-0.2, 0) is 5.66 Å². The summed E-state index contributed by atoms with van der Waals surface area (Å²) in [7, 11) is 6.83. The third-order valence-corrected chi connectivity index (χ3v) is 3.67. The van der Waals surface area contributed by atoms with Gasteiger partial charge in [0.05, 0.1) is 0 Å². The van der Waals surface area contributed by atoms with E-state index in [1.165, 1.54) is 10.0 Å². The molecule has 0 bridgehead atoms. The Balaban J connectivity index is 2.54.